The maximum absolute atomic E-state index is 13.1. The SMILES string of the molecule is O=C(CSc1ncnc2c1nnn2-c1ccc(F)cc1)Nc1ccc(C(F)(F)F)cc1. The second-order valence-electron chi connectivity index (χ2n) is 6.24. The van der Waals surface area contributed by atoms with Crippen LogP contribution in [0.1, 0.15) is 5.56 Å². The van der Waals surface area contributed by atoms with E-state index in [9.17, 15) is 22.4 Å². The van der Waals surface area contributed by atoms with Gasteiger partial charge in [0.15, 0.2) is 11.2 Å². The molecule has 0 radical (unpaired) electrons. The number of fused-ring (bicyclic) bond motifs is 1. The standard InChI is InChI=1S/C19H12F4N6OS/c20-12-3-7-14(8-4-12)29-17-16(27-28-29)18(25-10-24-17)31-9-15(30)26-13-5-1-11(2-6-13)19(21,22)23/h1-8,10H,9H2,(H,26,30). The quantitative estimate of drug-likeness (QED) is 0.281. The molecule has 0 aliphatic carbocycles. The van der Waals surface area contributed by atoms with Crippen LogP contribution in [0.3, 0.4) is 0 Å². The highest BCUT2D eigenvalue weighted by Gasteiger charge is 2.30. The molecular weight excluding hydrogens is 436 g/mol. The first-order valence-electron chi connectivity index (χ1n) is 8.73. The summed E-state index contributed by atoms with van der Waals surface area (Å²) in [6, 6.07) is 9.77. The van der Waals surface area contributed by atoms with Gasteiger partial charge in [-0.3, -0.25) is 4.79 Å². The summed E-state index contributed by atoms with van der Waals surface area (Å²) in [6.45, 7) is 0. The number of carbonyl (C=O) groups is 1. The normalized spacial score (nSPS) is 11.6. The Morgan fingerprint density at radius 1 is 1.03 bits per heavy atom. The Balaban J connectivity index is 1.45. The lowest BCUT2D eigenvalue weighted by atomic mass is 10.2. The molecule has 1 amide bonds. The predicted molar refractivity (Wildman–Crippen MR) is 105 cm³/mol. The van der Waals surface area contributed by atoms with Gasteiger partial charge in [-0.05, 0) is 48.5 Å². The average molecular weight is 448 g/mol. The van der Waals surface area contributed by atoms with Gasteiger partial charge in [0.2, 0.25) is 5.91 Å². The zero-order chi connectivity index (χ0) is 22.0. The highest BCUT2D eigenvalue weighted by molar-refractivity contribution is 8.00. The molecule has 4 rings (SSSR count). The summed E-state index contributed by atoms with van der Waals surface area (Å²) < 4.78 is 52.4. The number of amides is 1. The van der Waals surface area contributed by atoms with Crippen LogP contribution in [-0.2, 0) is 11.0 Å². The van der Waals surface area contributed by atoms with Crippen LogP contribution in [0.4, 0.5) is 23.2 Å². The molecule has 0 fully saturated rings. The summed E-state index contributed by atoms with van der Waals surface area (Å²) in [5.74, 6) is -0.878. The van der Waals surface area contributed by atoms with Crippen LogP contribution in [0.25, 0.3) is 16.9 Å². The van der Waals surface area contributed by atoms with E-state index in [0.29, 0.717) is 21.9 Å². The fourth-order valence-corrected chi connectivity index (χ4v) is 3.39. The van der Waals surface area contributed by atoms with Gasteiger partial charge in [0.1, 0.15) is 17.2 Å². The van der Waals surface area contributed by atoms with E-state index in [1.807, 2.05) is 0 Å². The number of alkyl halides is 3. The van der Waals surface area contributed by atoms with Gasteiger partial charge >= 0.3 is 6.18 Å². The molecular formula is C19H12F4N6OS. The number of nitrogens with one attached hydrogen (secondary N) is 1. The molecule has 0 saturated heterocycles. The Labute approximate surface area is 176 Å². The summed E-state index contributed by atoms with van der Waals surface area (Å²) >= 11 is 1.08. The fraction of sp³-hybridized carbons (Fsp3) is 0.105. The van der Waals surface area contributed by atoms with Gasteiger partial charge in [0.25, 0.3) is 0 Å². The van der Waals surface area contributed by atoms with Crippen molar-refractivity contribution in [2.45, 2.75) is 11.2 Å². The second kappa shape index (κ2) is 8.30. The smallest absolute Gasteiger partial charge is 0.325 e. The molecule has 2 heterocycles. The largest absolute Gasteiger partial charge is 0.416 e. The minimum Gasteiger partial charge on any atom is -0.325 e. The number of rotatable bonds is 5. The molecule has 0 unspecified atom stereocenters. The molecule has 0 aliphatic heterocycles. The van der Waals surface area contributed by atoms with Gasteiger partial charge in [0, 0.05) is 5.69 Å². The van der Waals surface area contributed by atoms with Crippen molar-refractivity contribution < 1.29 is 22.4 Å². The number of halogens is 4. The van der Waals surface area contributed by atoms with Gasteiger partial charge in [0.05, 0.1) is 17.0 Å². The highest BCUT2D eigenvalue weighted by atomic mass is 32.2. The topological polar surface area (TPSA) is 85.6 Å². The molecule has 12 heteroatoms. The summed E-state index contributed by atoms with van der Waals surface area (Å²) in [5.41, 5.74) is 0.742. The Kier molecular flexibility index (Phi) is 5.55. The Morgan fingerprint density at radius 3 is 2.42 bits per heavy atom. The van der Waals surface area contributed by atoms with Crippen molar-refractivity contribution in [3.63, 3.8) is 0 Å². The minimum absolute atomic E-state index is 0.0590. The summed E-state index contributed by atoms with van der Waals surface area (Å²) in [6.07, 6.45) is -3.15. The maximum Gasteiger partial charge on any atom is 0.416 e. The number of hydrogen-bond acceptors (Lipinski definition) is 6. The van der Waals surface area contributed by atoms with Crippen molar-refractivity contribution in [3.05, 3.63) is 66.2 Å². The van der Waals surface area contributed by atoms with Crippen molar-refractivity contribution in [2.24, 2.45) is 0 Å². The Hall–Kier alpha value is -3.54. The summed E-state index contributed by atoms with van der Waals surface area (Å²) in [7, 11) is 0. The first-order valence-corrected chi connectivity index (χ1v) is 9.72. The third-order valence-corrected chi connectivity index (χ3v) is 5.09. The number of anilines is 1. The molecule has 0 atom stereocenters. The summed E-state index contributed by atoms with van der Waals surface area (Å²) in [5, 5.41) is 11.0. The van der Waals surface area contributed by atoms with E-state index in [1.54, 1.807) is 0 Å². The van der Waals surface area contributed by atoms with Crippen LogP contribution in [0.5, 0.6) is 0 Å². The van der Waals surface area contributed by atoms with Crippen LogP contribution in [0.15, 0.2) is 59.9 Å². The van der Waals surface area contributed by atoms with E-state index in [2.05, 4.69) is 25.6 Å². The van der Waals surface area contributed by atoms with Gasteiger partial charge in [-0.25, -0.2) is 14.4 Å². The highest BCUT2D eigenvalue weighted by Crippen LogP contribution is 2.30. The maximum atomic E-state index is 13.1. The lowest BCUT2D eigenvalue weighted by Crippen LogP contribution is -2.14. The van der Waals surface area contributed by atoms with Crippen LogP contribution in [0, 0.1) is 5.82 Å². The number of carbonyl (C=O) groups excluding carboxylic acids is 1. The first-order chi connectivity index (χ1) is 14.8. The number of thioether (sulfide) groups is 1. The molecule has 7 nitrogen and oxygen atoms in total. The van der Waals surface area contributed by atoms with E-state index < -0.39 is 23.5 Å². The van der Waals surface area contributed by atoms with Gasteiger partial charge in [-0.1, -0.05) is 17.0 Å². The molecule has 158 valence electrons. The zero-order valence-corrected chi connectivity index (χ0v) is 16.3. The number of hydrogen-bond donors (Lipinski definition) is 1. The van der Waals surface area contributed by atoms with E-state index in [4.69, 9.17) is 0 Å². The lowest BCUT2D eigenvalue weighted by molar-refractivity contribution is -0.137. The van der Waals surface area contributed by atoms with Crippen molar-refractivity contribution in [3.8, 4) is 5.69 Å². The molecule has 1 N–H and O–H groups in total. The number of benzene rings is 2. The predicted octanol–water partition coefficient (Wildman–Crippen LogP) is 4.10. The number of aromatic nitrogens is 5. The Bertz CT molecular complexity index is 1230. The molecule has 0 saturated carbocycles. The third kappa shape index (κ3) is 4.63. The average Bonchev–Trinajstić information content (AvgIpc) is 3.17. The van der Waals surface area contributed by atoms with Crippen molar-refractivity contribution in [1.29, 1.82) is 0 Å². The lowest BCUT2D eigenvalue weighted by Gasteiger charge is -2.08. The van der Waals surface area contributed by atoms with E-state index >= 15 is 0 Å². The van der Waals surface area contributed by atoms with Gasteiger partial charge in [-0.15, -0.1) is 5.10 Å². The second-order valence-corrected chi connectivity index (χ2v) is 7.20. The van der Waals surface area contributed by atoms with Crippen LogP contribution in [-0.4, -0.2) is 36.6 Å². The van der Waals surface area contributed by atoms with Gasteiger partial charge in [-0.2, -0.15) is 17.9 Å². The van der Waals surface area contributed by atoms with Crippen molar-refractivity contribution in [2.75, 3.05) is 11.1 Å². The van der Waals surface area contributed by atoms with E-state index in [0.717, 1.165) is 23.9 Å². The molecule has 0 spiro atoms. The third-order valence-electron chi connectivity index (χ3n) is 4.11. The first kappa shape index (κ1) is 20.7. The Morgan fingerprint density at radius 2 is 1.74 bits per heavy atom. The zero-order valence-electron chi connectivity index (χ0n) is 15.5. The monoisotopic (exact) mass is 448 g/mol. The molecule has 4 aromatic rings. The van der Waals surface area contributed by atoms with Gasteiger partial charge < -0.3 is 5.32 Å². The van der Waals surface area contributed by atoms with Crippen LogP contribution >= 0.6 is 11.8 Å². The molecule has 0 aliphatic rings. The van der Waals surface area contributed by atoms with E-state index in [-0.39, 0.29) is 11.4 Å². The van der Waals surface area contributed by atoms with Crippen LogP contribution in [0.2, 0.25) is 0 Å². The molecule has 0 bridgehead atoms. The molecule has 2 aromatic carbocycles. The van der Waals surface area contributed by atoms with Crippen molar-refractivity contribution in [1.82, 2.24) is 25.0 Å². The van der Waals surface area contributed by atoms with Crippen LogP contribution < -0.4 is 5.32 Å². The van der Waals surface area contributed by atoms with E-state index in [1.165, 1.54) is 47.4 Å². The minimum atomic E-state index is -4.44. The summed E-state index contributed by atoms with van der Waals surface area (Å²) in [4.78, 5) is 20.5. The number of nitrogens with zero attached hydrogens (tertiary/aromatic N) is 5. The fourth-order valence-electron chi connectivity index (χ4n) is 2.66. The molecule has 31 heavy (non-hydrogen) atoms. The van der Waals surface area contributed by atoms with Crippen molar-refractivity contribution >= 4 is 34.5 Å². The molecule has 2 aromatic heterocycles.